The van der Waals surface area contributed by atoms with Crippen molar-refractivity contribution >= 4 is 15.9 Å². The molecule has 0 spiro atoms. The summed E-state index contributed by atoms with van der Waals surface area (Å²) in [7, 11) is 0.441. The van der Waals surface area contributed by atoms with Crippen molar-refractivity contribution in [3.05, 3.63) is 0 Å². The van der Waals surface area contributed by atoms with Crippen molar-refractivity contribution in [2.45, 2.75) is 32.6 Å². The van der Waals surface area contributed by atoms with E-state index in [2.05, 4.69) is 11.3 Å². The Kier molecular flexibility index (Phi) is 4.35. The van der Waals surface area contributed by atoms with Gasteiger partial charge in [-0.2, -0.15) is 4.40 Å². The maximum absolute atomic E-state index is 11.2. The lowest BCUT2D eigenvalue weighted by Crippen LogP contribution is -2.33. The first kappa shape index (κ1) is 13.5. The van der Waals surface area contributed by atoms with Gasteiger partial charge >= 0.3 is 0 Å². The molecule has 0 N–H and O–H groups in total. The summed E-state index contributed by atoms with van der Waals surface area (Å²) in [6, 6.07) is 0. The zero-order valence-electron chi connectivity index (χ0n) is 10.6. The molecule has 0 radical (unpaired) electrons. The zero-order valence-corrected chi connectivity index (χ0v) is 11.4. The highest BCUT2D eigenvalue weighted by atomic mass is 32.2. The van der Waals surface area contributed by atoms with Crippen molar-refractivity contribution in [1.82, 2.24) is 4.90 Å². The smallest absolute Gasteiger partial charge is 0.251 e. The van der Waals surface area contributed by atoms with Gasteiger partial charge in [0.15, 0.2) is 0 Å². The molecule has 0 aliphatic heterocycles. The van der Waals surface area contributed by atoms with E-state index in [-0.39, 0.29) is 0 Å². The third-order valence-corrected chi connectivity index (χ3v) is 3.62. The molecular weight excluding hydrogens is 224 g/mol. The van der Waals surface area contributed by atoms with E-state index < -0.39 is 10.0 Å². The lowest BCUT2D eigenvalue weighted by Gasteiger charge is -2.30. The van der Waals surface area contributed by atoms with Gasteiger partial charge in [0, 0.05) is 20.0 Å². The second-order valence-electron chi connectivity index (χ2n) is 5.03. The average Bonchev–Trinajstić information content (AvgIpc) is 2.14. The van der Waals surface area contributed by atoms with Crippen molar-refractivity contribution in [2.75, 3.05) is 20.4 Å². The highest BCUT2D eigenvalue weighted by Crippen LogP contribution is 2.29. The molecule has 0 heterocycles. The second-order valence-corrected chi connectivity index (χ2v) is 6.68. The number of amidine groups is 1. The Hall–Kier alpha value is -0.580. The fraction of sp³-hybridized carbons (Fsp3) is 0.909. The normalized spacial score (nSPS) is 27.9. The summed E-state index contributed by atoms with van der Waals surface area (Å²) in [5.74, 6) is 1.79. The van der Waals surface area contributed by atoms with E-state index in [1.54, 1.807) is 0 Å². The van der Waals surface area contributed by atoms with Gasteiger partial charge in [-0.25, -0.2) is 8.42 Å². The number of rotatable bonds is 2. The van der Waals surface area contributed by atoms with Crippen molar-refractivity contribution in [2.24, 2.45) is 16.2 Å². The standard InChI is InChI=1S/C11H22N2O2S/c1-9-5-7-10(8-6-9)11(13(2)3)12-16(4,14)15/h9-10H,5-8H2,1-4H3. The van der Waals surface area contributed by atoms with Crippen molar-refractivity contribution < 1.29 is 8.42 Å². The summed E-state index contributed by atoms with van der Waals surface area (Å²) in [4.78, 5) is 1.84. The van der Waals surface area contributed by atoms with Crippen LogP contribution in [0.1, 0.15) is 32.6 Å². The SMILES string of the molecule is CC1CCC(C(=NS(C)(=O)=O)N(C)C)CC1. The van der Waals surface area contributed by atoms with E-state index in [1.807, 2.05) is 19.0 Å². The topological polar surface area (TPSA) is 49.7 Å². The summed E-state index contributed by atoms with van der Waals surface area (Å²) in [6.07, 6.45) is 5.59. The maximum atomic E-state index is 11.2. The van der Waals surface area contributed by atoms with Crippen LogP contribution in [-0.4, -0.2) is 39.5 Å². The number of hydrogen-bond acceptors (Lipinski definition) is 2. The Morgan fingerprint density at radius 2 is 1.69 bits per heavy atom. The molecule has 16 heavy (non-hydrogen) atoms. The molecule has 0 unspecified atom stereocenters. The number of nitrogens with zero attached hydrogens (tertiary/aromatic N) is 2. The number of hydrogen-bond donors (Lipinski definition) is 0. The molecule has 5 heteroatoms. The molecule has 4 nitrogen and oxygen atoms in total. The third-order valence-electron chi connectivity index (χ3n) is 3.10. The summed E-state index contributed by atoms with van der Waals surface area (Å²) in [5.41, 5.74) is 0. The van der Waals surface area contributed by atoms with Crippen LogP contribution in [0.2, 0.25) is 0 Å². The van der Waals surface area contributed by atoms with Gasteiger partial charge in [0.25, 0.3) is 10.0 Å². The Morgan fingerprint density at radius 3 is 2.06 bits per heavy atom. The van der Waals surface area contributed by atoms with Crippen LogP contribution in [0.4, 0.5) is 0 Å². The van der Waals surface area contributed by atoms with Crippen molar-refractivity contribution in [3.8, 4) is 0 Å². The molecule has 1 aliphatic rings. The van der Waals surface area contributed by atoms with Gasteiger partial charge in [-0.15, -0.1) is 0 Å². The minimum absolute atomic E-state index is 0.306. The van der Waals surface area contributed by atoms with Crippen LogP contribution >= 0.6 is 0 Å². The van der Waals surface area contributed by atoms with Gasteiger partial charge in [-0.05, 0) is 18.8 Å². The molecule has 1 rings (SSSR count). The molecule has 0 amide bonds. The lowest BCUT2D eigenvalue weighted by molar-refractivity contribution is 0.329. The van der Waals surface area contributed by atoms with E-state index in [4.69, 9.17) is 0 Å². The molecule has 1 aliphatic carbocycles. The van der Waals surface area contributed by atoms with E-state index in [1.165, 1.54) is 12.8 Å². The van der Waals surface area contributed by atoms with Gasteiger partial charge < -0.3 is 4.90 Å². The van der Waals surface area contributed by atoms with Crippen LogP contribution in [-0.2, 0) is 10.0 Å². The predicted molar refractivity (Wildman–Crippen MR) is 67.1 cm³/mol. The minimum Gasteiger partial charge on any atom is -0.365 e. The Bertz CT molecular complexity index is 352. The molecular formula is C11H22N2O2S. The fourth-order valence-corrected chi connectivity index (χ4v) is 2.86. The van der Waals surface area contributed by atoms with Gasteiger partial charge in [0.1, 0.15) is 5.84 Å². The molecule has 94 valence electrons. The molecule has 0 aromatic rings. The second kappa shape index (κ2) is 5.17. The van der Waals surface area contributed by atoms with Crippen LogP contribution in [0.25, 0.3) is 0 Å². The Morgan fingerprint density at radius 1 is 1.19 bits per heavy atom. The summed E-state index contributed by atoms with van der Waals surface area (Å²) < 4.78 is 26.3. The van der Waals surface area contributed by atoms with Gasteiger partial charge in [-0.3, -0.25) is 0 Å². The molecule has 0 atom stereocenters. The first-order valence-corrected chi connectivity index (χ1v) is 7.61. The monoisotopic (exact) mass is 246 g/mol. The summed E-state index contributed by atoms with van der Waals surface area (Å²) >= 11 is 0. The van der Waals surface area contributed by atoms with E-state index in [9.17, 15) is 8.42 Å². The molecule has 0 aromatic heterocycles. The van der Waals surface area contributed by atoms with Crippen LogP contribution in [0.5, 0.6) is 0 Å². The van der Waals surface area contributed by atoms with Gasteiger partial charge in [0.2, 0.25) is 0 Å². The molecule has 1 saturated carbocycles. The van der Waals surface area contributed by atoms with E-state index >= 15 is 0 Å². The zero-order chi connectivity index (χ0) is 12.3. The van der Waals surface area contributed by atoms with E-state index in [0.29, 0.717) is 5.92 Å². The third kappa shape index (κ3) is 4.12. The first-order valence-electron chi connectivity index (χ1n) is 5.76. The highest BCUT2D eigenvalue weighted by molar-refractivity contribution is 7.89. The number of sulfonamides is 1. The summed E-state index contributed by atoms with van der Waals surface area (Å²) in [6.45, 7) is 2.25. The van der Waals surface area contributed by atoms with Crippen LogP contribution in [0, 0.1) is 11.8 Å². The fourth-order valence-electron chi connectivity index (χ4n) is 2.21. The Labute approximate surface area is 98.8 Å². The molecule has 0 aromatic carbocycles. The molecule has 0 saturated heterocycles. The quantitative estimate of drug-likeness (QED) is 0.551. The van der Waals surface area contributed by atoms with Crippen molar-refractivity contribution in [3.63, 3.8) is 0 Å². The van der Waals surface area contributed by atoms with Crippen LogP contribution < -0.4 is 0 Å². The van der Waals surface area contributed by atoms with E-state index in [0.717, 1.165) is 30.9 Å². The largest absolute Gasteiger partial charge is 0.365 e. The maximum Gasteiger partial charge on any atom is 0.251 e. The Balaban J connectivity index is 2.83. The average molecular weight is 246 g/mol. The van der Waals surface area contributed by atoms with Gasteiger partial charge in [0.05, 0.1) is 6.26 Å². The van der Waals surface area contributed by atoms with Gasteiger partial charge in [-0.1, -0.05) is 19.8 Å². The molecule has 0 bridgehead atoms. The summed E-state index contributed by atoms with van der Waals surface area (Å²) in [5, 5.41) is 0. The van der Waals surface area contributed by atoms with Crippen LogP contribution in [0.3, 0.4) is 0 Å². The minimum atomic E-state index is -3.28. The molecule has 1 fully saturated rings. The predicted octanol–water partition coefficient (Wildman–Crippen LogP) is 1.73. The first-order chi connectivity index (χ1) is 7.29. The lowest BCUT2D eigenvalue weighted by atomic mass is 9.82. The van der Waals surface area contributed by atoms with Crippen molar-refractivity contribution in [1.29, 1.82) is 0 Å². The highest BCUT2D eigenvalue weighted by Gasteiger charge is 2.25. The van der Waals surface area contributed by atoms with Crippen LogP contribution in [0.15, 0.2) is 4.40 Å².